The second-order valence-corrected chi connectivity index (χ2v) is 4.86. The molecule has 0 N–H and O–H groups in total. The first-order valence-corrected chi connectivity index (χ1v) is 7.35. The molecule has 0 bridgehead atoms. The van der Waals surface area contributed by atoms with E-state index >= 15 is 0 Å². The summed E-state index contributed by atoms with van der Waals surface area (Å²) in [5, 5.41) is 3.99. The van der Waals surface area contributed by atoms with Crippen molar-refractivity contribution in [2.45, 2.75) is 0 Å². The molecule has 129 valence electrons. The zero-order valence-corrected chi connectivity index (χ0v) is 19.1. The van der Waals surface area contributed by atoms with E-state index in [4.69, 9.17) is 0 Å². The van der Waals surface area contributed by atoms with Gasteiger partial charge in [-0.3, -0.25) is 4.79 Å². The number of ketones is 1. The maximum Gasteiger partial charge on any atom is 1.00 e. The molecule has 0 saturated heterocycles. The van der Waals surface area contributed by atoms with Gasteiger partial charge in [-0.25, -0.2) is 13.0 Å². The fourth-order valence-electron chi connectivity index (χ4n) is 1.71. The van der Waals surface area contributed by atoms with E-state index in [0.29, 0.717) is 0 Å². The topological polar surface area (TPSA) is 94.1 Å². The van der Waals surface area contributed by atoms with Gasteiger partial charge in [-0.05, 0) is 41.4 Å². The van der Waals surface area contributed by atoms with E-state index in [1.807, 2.05) is 0 Å². The van der Waals surface area contributed by atoms with Gasteiger partial charge in [0.05, 0.1) is 0 Å². The van der Waals surface area contributed by atoms with Crippen molar-refractivity contribution in [3.63, 3.8) is 0 Å². The zero-order chi connectivity index (χ0) is 17.7. The van der Waals surface area contributed by atoms with Gasteiger partial charge in [0.25, 0.3) is 0 Å². The number of benzene rings is 2. The first-order valence-electron chi connectivity index (χ1n) is 5.98. The van der Waals surface area contributed by atoms with Crippen LogP contribution < -0.4 is 38.6 Å². The first kappa shape index (κ1) is 26.0. The van der Waals surface area contributed by atoms with Gasteiger partial charge >= 0.3 is 29.6 Å². The Hall–Kier alpha value is -0.0500. The van der Waals surface area contributed by atoms with E-state index in [1.54, 1.807) is 0 Å². The van der Waals surface area contributed by atoms with Crippen LogP contribution in [-0.4, -0.2) is 44.1 Å². The SMILES string of the molecule is O=C(c1ccc(F)c(OOOS)c1)c1ccc(F)c(OS(=O)[O-])c1.[Na+].[Na]. The summed E-state index contributed by atoms with van der Waals surface area (Å²) in [4.78, 5) is 16.8. The average molecular weight is 423 g/mol. The molecule has 1 unspecified atom stereocenters. The molecule has 0 saturated carbocycles. The molecule has 0 heterocycles. The summed E-state index contributed by atoms with van der Waals surface area (Å²) in [5.74, 6) is -3.61. The molecule has 1 atom stereocenters. The molecule has 7 nitrogen and oxygen atoms in total. The van der Waals surface area contributed by atoms with Gasteiger partial charge in [-0.15, -0.1) is 4.33 Å². The van der Waals surface area contributed by atoms with Gasteiger partial charge in [-0.1, -0.05) is 0 Å². The monoisotopic (exact) mass is 423 g/mol. The largest absolute Gasteiger partial charge is 1.00 e. The van der Waals surface area contributed by atoms with Crippen LogP contribution in [-0.2, 0) is 20.7 Å². The van der Waals surface area contributed by atoms with Crippen molar-refractivity contribution in [3.05, 3.63) is 59.2 Å². The fraction of sp³-hybridized carbons (Fsp3) is 0. The molecule has 2 aromatic rings. The number of hydrogen-bond donors (Lipinski definition) is 1. The number of thiol groups is 1. The van der Waals surface area contributed by atoms with Crippen LogP contribution in [0.2, 0.25) is 0 Å². The Morgan fingerprint density at radius 2 is 1.54 bits per heavy atom. The Morgan fingerprint density at radius 3 is 2.04 bits per heavy atom. The maximum absolute atomic E-state index is 13.5. The molecular weight excluding hydrogens is 416 g/mol. The van der Waals surface area contributed by atoms with Crippen LogP contribution in [0.4, 0.5) is 8.78 Å². The molecule has 0 aliphatic carbocycles. The Kier molecular flexibility index (Phi) is 12.4. The fourth-order valence-corrected chi connectivity index (χ4v) is 2.01. The molecule has 26 heavy (non-hydrogen) atoms. The summed E-state index contributed by atoms with van der Waals surface area (Å²) in [6.07, 6.45) is 0. The minimum absolute atomic E-state index is 0. The van der Waals surface area contributed by atoms with E-state index in [2.05, 4.69) is 31.4 Å². The summed E-state index contributed by atoms with van der Waals surface area (Å²) in [6, 6.07) is 5.92. The van der Waals surface area contributed by atoms with Gasteiger partial charge < -0.3 is 13.6 Å². The molecule has 0 fully saturated rings. The predicted molar refractivity (Wildman–Crippen MR) is 83.3 cm³/mol. The quantitative estimate of drug-likeness (QED) is 0.117. The number of halogens is 2. The summed E-state index contributed by atoms with van der Waals surface area (Å²) in [5.41, 5.74) is -0.143. The number of rotatable bonds is 7. The molecule has 2 aromatic carbocycles. The van der Waals surface area contributed by atoms with Gasteiger partial charge in [-0.2, -0.15) is 0 Å². The van der Waals surface area contributed by atoms with E-state index in [9.17, 15) is 22.3 Å². The van der Waals surface area contributed by atoms with Crippen molar-refractivity contribution in [1.82, 2.24) is 0 Å². The van der Waals surface area contributed by atoms with Crippen molar-refractivity contribution < 1.29 is 70.3 Å². The molecule has 13 heteroatoms. The summed E-state index contributed by atoms with van der Waals surface area (Å²) in [7, 11) is 0. The van der Waals surface area contributed by atoms with E-state index in [0.717, 1.165) is 36.4 Å². The van der Waals surface area contributed by atoms with Crippen molar-refractivity contribution in [3.8, 4) is 11.5 Å². The molecule has 1 radical (unpaired) electrons. The van der Waals surface area contributed by atoms with E-state index in [-0.39, 0.29) is 70.2 Å². The minimum Gasteiger partial charge on any atom is -0.740 e. The van der Waals surface area contributed by atoms with Crippen LogP contribution in [0.25, 0.3) is 0 Å². The van der Waals surface area contributed by atoms with Crippen molar-refractivity contribution >= 4 is 59.6 Å². The number of hydrogen-bond acceptors (Lipinski definition) is 8. The second-order valence-electron chi connectivity index (χ2n) is 4.13. The van der Waals surface area contributed by atoms with Crippen LogP contribution in [0, 0.1) is 11.6 Å². The van der Waals surface area contributed by atoms with Gasteiger partial charge in [0.2, 0.25) is 5.75 Å². The Morgan fingerprint density at radius 1 is 1.04 bits per heavy atom. The molecule has 0 spiro atoms. The predicted octanol–water partition coefficient (Wildman–Crippen LogP) is -0.921. The summed E-state index contributed by atoms with van der Waals surface area (Å²) >= 11 is 0.208. The van der Waals surface area contributed by atoms with Crippen LogP contribution in [0.3, 0.4) is 0 Å². The Labute approximate surface area is 198 Å². The second kappa shape index (κ2) is 12.4. The third kappa shape index (κ3) is 7.17. The van der Waals surface area contributed by atoms with Gasteiger partial charge in [0, 0.05) is 53.6 Å². The smallest absolute Gasteiger partial charge is 0.740 e. The molecule has 0 aliphatic rings. The first-order chi connectivity index (χ1) is 11.4. The maximum atomic E-state index is 13.5. The van der Waals surface area contributed by atoms with Crippen molar-refractivity contribution in [2.75, 3.05) is 0 Å². The number of carbonyl (C=O) groups excluding carboxylic acids is 1. The molecule has 0 aliphatic heterocycles. The number of carbonyl (C=O) groups is 1. The molecule has 0 aromatic heterocycles. The van der Waals surface area contributed by atoms with Crippen LogP contribution in [0.5, 0.6) is 11.5 Å². The third-order valence-electron chi connectivity index (χ3n) is 2.70. The van der Waals surface area contributed by atoms with Crippen molar-refractivity contribution in [1.29, 1.82) is 0 Å². The zero-order valence-electron chi connectivity index (χ0n) is 13.4. The van der Waals surface area contributed by atoms with Crippen LogP contribution in [0.15, 0.2) is 36.4 Å². The summed E-state index contributed by atoms with van der Waals surface area (Å²) < 4.78 is 56.0. The van der Waals surface area contributed by atoms with E-state index in [1.165, 1.54) is 0 Å². The van der Waals surface area contributed by atoms with Crippen molar-refractivity contribution in [2.24, 2.45) is 0 Å². The Balaban J connectivity index is 0.00000312. The molecular formula is C13H7F2Na2O7S2. The standard InChI is InChI=1S/C13H8F2O7S2.2Na/c14-9-3-1-7(5-11(9)19-21-22-23)13(16)8-2-4-10(15)12(6-8)20-24(17)18;;/h1-6,23H,(H,17,18);;/q;;+1/p-1. The summed E-state index contributed by atoms with van der Waals surface area (Å²) in [6.45, 7) is 0. The average Bonchev–Trinajstić information content (AvgIpc) is 2.55. The molecule has 0 amide bonds. The van der Waals surface area contributed by atoms with Gasteiger partial charge in [0.1, 0.15) is 11.4 Å². The van der Waals surface area contributed by atoms with E-state index < -0.39 is 40.3 Å². The third-order valence-corrected chi connectivity index (χ3v) is 3.08. The van der Waals surface area contributed by atoms with Crippen LogP contribution in [0.1, 0.15) is 15.9 Å². The Bertz CT molecular complexity index is 795. The minimum atomic E-state index is -3.01. The van der Waals surface area contributed by atoms with Gasteiger partial charge in [0.15, 0.2) is 23.2 Å². The van der Waals surface area contributed by atoms with Crippen LogP contribution >= 0.6 is 12.9 Å². The molecule has 2 rings (SSSR count). The normalized spacial score (nSPS) is 10.9.